The lowest BCUT2D eigenvalue weighted by Crippen LogP contribution is -2.51. The van der Waals surface area contributed by atoms with Crippen LogP contribution in [0.5, 0.6) is 5.75 Å². The molecule has 3 rings (SSSR count). The van der Waals surface area contributed by atoms with Gasteiger partial charge in [0.25, 0.3) is 5.91 Å². The third kappa shape index (κ3) is 7.46. The average Bonchev–Trinajstić information content (AvgIpc) is 2.81. The maximum Gasteiger partial charge on any atom is 0.261 e. The number of nitrogens with zero attached hydrogens (tertiary/aromatic N) is 1. The number of aryl methyl sites for hydroxylation is 1. The number of carbonyl (C=O) groups excluding carboxylic acids is 2. The van der Waals surface area contributed by atoms with E-state index < -0.39 is 6.04 Å². The van der Waals surface area contributed by atoms with Gasteiger partial charge in [-0.25, -0.2) is 0 Å². The van der Waals surface area contributed by atoms with Crippen molar-refractivity contribution in [2.24, 2.45) is 0 Å². The molecule has 0 bridgehead atoms. The molecule has 1 N–H and O–H groups in total. The highest BCUT2D eigenvalue weighted by Gasteiger charge is 2.30. The monoisotopic (exact) mass is 508 g/mol. The summed E-state index contributed by atoms with van der Waals surface area (Å²) in [6.07, 6.45) is 0.414. The fraction of sp³-hybridized carbons (Fsp3) is 0.259. The number of likely N-dealkylation sites (N-methyl/N-ethyl adjacent to an activating group) is 1. The van der Waals surface area contributed by atoms with E-state index in [1.807, 2.05) is 92.7 Å². The average molecular weight is 509 g/mol. The normalized spacial score (nSPS) is 11.5. The van der Waals surface area contributed by atoms with Crippen molar-refractivity contribution >= 4 is 27.7 Å². The van der Waals surface area contributed by atoms with Crippen molar-refractivity contribution < 1.29 is 14.3 Å². The minimum Gasteiger partial charge on any atom is -0.484 e. The lowest BCUT2D eigenvalue weighted by molar-refractivity contribution is -0.142. The van der Waals surface area contributed by atoms with Crippen LogP contribution in [0.25, 0.3) is 0 Å². The van der Waals surface area contributed by atoms with Crippen molar-refractivity contribution in [1.82, 2.24) is 10.2 Å². The van der Waals surface area contributed by atoms with E-state index >= 15 is 0 Å². The number of ether oxygens (including phenoxy) is 1. The van der Waals surface area contributed by atoms with Gasteiger partial charge in [-0.2, -0.15) is 0 Å². The summed E-state index contributed by atoms with van der Waals surface area (Å²) in [6, 6.07) is 24.4. The first-order chi connectivity index (χ1) is 16.0. The van der Waals surface area contributed by atoms with Crippen LogP contribution in [0.15, 0.2) is 83.3 Å². The van der Waals surface area contributed by atoms with Gasteiger partial charge in [-0.1, -0.05) is 76.1 Å². The molecule has 2 amide bonds. The summed E-state index contributed by atoms with van der Waals surface area (Å²) in [6.45, 7) is 4.50. The van der Waals surface area contributed by atoms with Gasteiger partial charge < -0.3 is 15.0 Å². The predicted molar refractivity (Wildman–Crippen MR) is 134 cm³/mol. The molecule has 0 saturated heterocycles. The SMILES string of the molecule is CCNC(=O)[C@H](Cc1ccccc1)N(Cc1cccc(Br)c1)C(=O)COc1ccc(C)cc1. The molecule has 0 unspecified atom stereocenters. The van der Waals surface area contributed by atoms with Crippen LogP contribution in [0.4, 0.5) is 0 Å². The molecule has 0 aliphatic heterocycles. The van der Waals surface area contributed by atoms with Gasteiger partial charge in [-0.05, 0) is 49.2 Å². The van der Waals surface area contributed by atoms with Crippen LogP contribution >= 0.6 is 15.9 Å². The highest BCUT2D eigenvalue weighted by Crippen LogP contribution is 2.19. The van der Waals surface area contributed by atoms with E-state index in [2.05, 4.69) is 21.2 Å². The van der Waals surface area contributed by atoms with Gasteiger partial charge in [0, 0.05) is 24.0 Å². The van der Waals surface area contributed by atoms with E-state index in [0.717, 1.165) is 21.2 Å². The molecule has 0 aromatic heterocycles. The van der Waals surface area contributed by atoms with Crippen LogP contribution in [-0.2, 0) is 22.6 Å². The molecular formula is C27H29BrN2O3. The predicted octanol–water partition coefficient (Wildman–Crippen LogP) is 4.91. The van der Waals surface area contributed by atoms with Crippen LogP contribution < -0.4 is 10.1 Å². The molecule has 6 heteroatoms. The highest BCUT2D eigenvalue weighted by atomic mass is 79.9. The first kappa shape index (κ1) is 24.5. The topological polar surface area (TPSA) is 58.6 Å². The van der Waals surface area contributed by atoms with Crippen molar-refractivity contribution in [2.45, 2.75) is 32.9 Å². The zero-order valence-corrected chi connectivity index (χ0v) is 20.5. The molecule has 172 valence electrons. The largest absolute Gasteiger partial charge is 0.484 e. The minimum atomic E-state index is -0.666. The summed E-state index contributed by atoms with van der Waals surface area (Å²) >= 11 is 3.49. The van der Waals surface area contributed by atoms with Gasteiger partial charge in [0.1, 0.15) is 11.8 Å². The van der Waals surface area contributed by atoms with Gasteiger partial charge in [0.05, 0.1) is 0 Å². The Hall–Kier alpha value is -3.12. The zero-order valence-electron chi connectivity index (χ0n) is 19.0. The molecule has 0 saturated carbocycles. The Balaban J connectivity index is 1.88. The molecule has 0 fully saturated rings. The molecular weight excluding hydrogens is 480 g/mol. The van der Waals surface area contributed by atoms with Gasteiger partial charge in [-0.15, -0.1) is 0 Å². The van der Waals surface area contributed by atoms with Crippen LogP contribution in [0, 0.1) is 6.92 Å². The first-order valence-corrected chi connectivity index (χ1v) is 11.8. The van der Waals surface area contributed by atoms with Crippen molar-refractivity contribution in [3.05, 3.63) is 100 Å². The fourth-order valence-corrected chi connectivity index (χ4v) is 3.99. The van der Waals surface area contributed by atoms with Crippen molar-refractivity contribution in [2.75, 3.05) is 13.2 Å². The number of nitrogens with one attached hydrogen (secondary N) is 1. The Bertz CT molecular complexity index is 1050. The van der Waals surface area contributed by atoms with E-state index in [9.17, 15) is 9.59 Å². The lowest BCUT2D eigenvalue weighted by Gasteiger charge is -2.31. The number of amides is 2. The number of benzene rings is 3. The Kier molecular flexibility index (Phi) is 9.07. The molecule has 3 aromatic carbocycles. The second kappa shape index (κ2) is 12.2. The van der Waals surface area contributed by atoms with Gasteiger partial charge >= 0.3 is 0 Å². The maximum atomic E-state index is 13.4. The molecule has 0 radical (unpaired) electrons. The zero-order chi connectivity index (χ0) is 23.6. The molecule has 0 aliphatic carbocycles. The standard InChI is InChI=1S/C27H29BrN2O3/c1-3-29-27(32)25(17-21-8-5-4-6-9-21)30(18-22-10-7-11-23(28)16-22)26(31)19-33-24-14-12-20(2)13-15-24/h4-16,25H,3,17-19H2,1-2H3,(H,29,32)/t25-/m0/s1. The number of hydrogen-bond donors (Lipinski definition) is 1. The quantitative estimate of drug-likeness (QED) is 0.423. The second-order valence-corrected chi connectivity index (χ2v) is 8.77. The fourth-order valence-electron chi connectivity index (χ4n) is 3.54. The van der Waals surface area contributed by atoms with Crippen LogP contribution in [0.1, 0.15) is 23.6 Å². The van der Waals surface area contributed by atoms with Crippen LogP contribution in [0.3, 0.4) is 0 Å². The van der Waals surface area contributed by atoms with Crippen molar-refractivity contribution in [3.63, 3.8) is 0 Å². The summed E-state index contributed by atoms with van der Waals surface area (Å²) in [5.74, 6) is 0.191. The highest BCUT2D eigenvalue weighted by molar-refractivity contribution is 9.10. The van der Waals surface area contributed by atoms with E-state index in [4.69, 9.17) is 4.74 Å². The molecule has 33 heavy (non-hydrogen) atoms. The van der Waals surface area contributed by atoms with Crippen LogP contribution in [0.2, 0.25) is 0 Å². The Labute approximate surface area is 203 Å². The Morgan fingerprint density at radius 1 is 0.970 bits per heavy atom. The Morgan fingerprint density at radius 2 is 1.67 bits per heavy atom. The van der Waals surface area contributed by atoms with Crippen LogP contribution in [-0.4, -0.2) is 35.9 Å². The van der Waals surface area contributed by atoms with E-state index in [-0.39, 0.29) is 18.4 Å². The molecule has 0 spiro atoms. The van der Waals surface area contributed by atoms with Crippen molar-refractivity contribution in [1.29, 1.82) is 0 Å². The third-order valence-corrected chi connectivity index (χ3v) is 5.74. The number of halogens is 1. The molecule has 3 aromatic rings. The summed E-state index contributed by atoms with van der Waals surface area (Å²) < 4.78 is 6.69. The summed E-state index contributed by atoms with van der Waals surface area (Å²) in [7, 11) is 0. The summed E-state index contributed by atoms with van der Waals surface area (Å²) in [5, 5.41) is 2.90. The lowest BCUT2D eigenvalue weighted by atomic mass is 10.0. The first-order valence-electron chi connectivity index (χ1n) is 11.0. The smallest absolute Gasteiger partial charge is 0.261 e. The van der Waals surface area contributed by atoms with Gasteiger partial charge in [0.2, 0.25) is 5.91 Å². The molecule has 0 aliphatic rings. The van der Waals surface area contributed by atoms with Crippen molar-refractivity contribution in [3.8, 4) is 5.75 Å². The van der Waals surface area contributed by atoms with Gasteiger partial charge in [-0.3, -0.25) is 9.59 Å². The third-order valence-electron chi connectivity index (χ3n) is 5.25. The van der Waals surface area contributed by atoms with E-state index in [0.29, 0.717) is 25.3 Å². The molecule has 5 nitrogen and oxygen atoms in total. The number of carbonyl (C=O) groups is 2. The molecule has 1 atom stereocenters. The summed E-state index contributed by atoms with van der Waals surface area (Å²) in [5.41, 5.74) is 3.03. The second-order valence-electron chi connectivity index (χ2n) is 7.85. The van der Waals surface area contributed by atoms with E-state index in [1.54, 1.807) is 4.90 Å². The van der Waals surface area contributed by atoms with E-state index in [1.165, 1.54) is 0 Å². The maximum absolute atomic E-state index is 13.4. The Morgan fingerprint density at radius 3 is 2.33 bits per heavy atom. The number of rotatable bonds is 10. The summed E-state index contributed by atoms with van der Waals surface area (Å²) in [4.78, 5) is 28.1. The molecule has 0 heterocycles. The minimum absolute atomic E-state index is 0.151. The van der Waals surface area contributed by atoms with Gasteiger partial charge in [0.15, 0.2) is 6.61 Å². The number of hydrogen-bond acceptors (Lipinski definition) is 3.